The van der Waals surface area contributed by atoms with Gasteiger partial charge in [-0.25, -0.2) is 0 Å². The van der Waals surface area contributed by atoms with Gasteiger partial charge >= 0.3 is 0 Å². The minimum atomic E-state index is 0.0243. The summed E-state index contributed by atoms with van der Waals surface area (Å²) in [4.78, 5) is 12.4. The predicted molar refractivity (Wildman–Crippen MR) is 89.0 cm³/mol. The van der Waals surface area contributed by atoms with Crippen LogP contribution in [-0.4, -0.2) is 12.0 Å². The highest BCUT2D eigenvalue weighted by Crippen LogP contribution is 2.65. The second-order valence-electron chi connectivity index (χ2n) is 9.28. The highest BCUT2D eigenvalue weighted by Gasteiger charge is 2.59. The number of hydrogen-bond acceptors (Lipinski definition) is 2. The minimum Gasteiger partial charge on any atom is -0.313 e. The first kappa shape index (κ1) is 14.9. The number of rotatable bonds is 1. The average molecular weight is 301 g/mol. The van der Waals surface area contributed by atoms with Crippen molar-refractivity contribution in [3.05, 3.63) is 0 Å². The van der Waals surface area contributed by atoms with E-state index in [-0.39, 0.29) is 5.41 Å². The Kier molecular flexibility index (Phi) is 3.33. The summed E-state index contributed by atoms with van der Waals surface area (Å²) < 4.78 is 0. The lowest BCUT2D eigenvalue weighted by Crippen LogP contribution is -2.53. The Hall–Kier alpha value is -0.660. The lowest BCUT2D eigenvalue weighted by atomic mass is 9.45. The molecule has 4 unspecified atom stereocenters. The van der Waals surface area contributed by atoms with Gasteiger partial charge in [0.25, 0.3) is 0 Å². The first-order valence-corrected chi connectivity index (χ1v) is 9.53. The Morgan fingerprint density at radius 3 is 2.64 bits per heavy atom. The summed E-state index contributed by atoms with van der Waals surface area (Å²) in [5.41, 5.74) is 0.520. The molecule has 0 radical (unpaired) electrons. The molecule has 4 fully saturated rings. The molecule has 4 aliphatic rings. The zero-order chi connectivity index (χ0) is 15.5. The van der Waals surface area contributed by atoms with E-state index < -0.39 is 0 Å². The number of Topliss-reactive ketones (excluding diaryl/α,β-unsaturated/α-hetero) is 1. The summed E-state index contributed by atoms with van der Waals surface area (Å²) >= 11 is 0. The van der Waals surface area contributed by atoms with Crippen LogP contribution in [0.2, 0.25) is 0 Å². The molecule has 0 aromatic heterocycles. The number of hydrogen-bond donors (Lipinski definition) is 1. The van der Waals surface area contributed by atoms with E-state index in [0.717, 1.165) is 30.6 Å². The molecule has 1 N–H and O–H groups in total. The third kappa shape index (κ3) is 1.85. The predicted octanol–water partition coefficient (Wildman–Crippen LogP) is 4.86. The Morgan fingerprint density at radius 2 is 1.86 bits per heavy atom. The van der Waals surface area contributed by atoms with Crippen LogP contribution in [0.25, 0.3) is 0 Å². The van der Waals surface area contributed by atoms with Crippen molar-refractivity contribution < 1.29 is 4.79 Å². The minimum absolute atomic E-state index is 0.0243. The summed E-state index contributed by atoms with van der Waals surface area (Å²) in [5.74, 6) is 4.27. The summed E-state index contributed by atoms with van der Waals surface area (Å²) in [7, 11) is 0. The maximum Gasteiger partial charge on any atom is 0.139 e. The molecule has 0 saturated heterocycles. The molecule has 22 heavy (non-hydrogen) atoms. The number of nitrogens with one attached hydrogen (secondary N) is 1. The van der Waals surface area contributed by atoms with Crippen LogP contribution in [0.1, 0.15) is 71.6 Å². The third-order valence-corrected chi connectivity index (χ3v) is 8.65. The molecule has 4 aliphatic carbocycles. The van der Waals surface area contributed by atoms with Crippen molar-refractivity contribution in [3.8, 4) is 0 Å². The normalized spacial score (nSPS) is 54.3. The van der Waals surface area contributed by atoms with Crippen LogP contribution in [0.3, 0.4) is 0 Å². The van der Waals surface area contributed by atoms with E-state index in [1.807, 2.05) is 0 Å². The van der Waals surface area contributed by atoms with E-state index in [9.17, 15) is 4.79 Å². The molecule has 4 rings (SSSR count). The van der Waals surface area contributed by atoms with Crippen LogP contribution in [0.4, 0.5) is 0 Å². The second kappa shape index (κ2) is 4.92. The van der Waals surface area contributed by atoms with Crippen molar-refractivity contribution in [1.82, 2.24) is 0 Å². The van der Waals surface area contributed by atoms with Crippen LogP contribution in [-0.2, 0) is 4.79 Å². The average Bonchev–Trinajstić information content (AvgIpc) is 2.82. The molecule has 0 aromatic carbocycles. The van der Waals surface area contributed by atoms with Crippen molar-refractivity contribution in [2.45, 2.75) is 71.6 Å². The van der Waals surface area contributed by atoms with E-state index in [1.54, 1.807) is 6.21 Å². The topological polar surface area (TPSA) is 40.9 Å². The van der Waals surface area contributed by atoms with E-state index in [1.165, 1.54) is 44.9 Å². The van der Waals surface area contributed by atoms with Gasteiger partial charge in [-0.05, 0) is 92.6 Å². The molecular weight excluding hydrogens is 270 g/mol. The van der Waals surface area contributed by atoms with Crippen molar-refractivity contribution in [2.75, 3.05) is 0 Å². The summed E-state index contributed by atoms with van der Waals surface area (Å²) in [6.07, 6.45) is 12.6. The highest BCUT2D eigenvalue weighted by atomic mass is 16.1. The molecule has 0 spiro atoms. The van der Waals surface area contributed by atoms with Gasteiger partial charge in [0.05, 0.1) is 0 Å². The number of fused-ring (bicyclic) bond motifs is 5. The Balaban J connectivity index is 1.61. The largest absolute Gasteiger partial charge is 0.313 e. The third-order valence-electron chi connectivity index (χ3n) is 8.65. The molecule has 0 bridgehead atoms. The Morgan fingerprint density at radius 1 is 1.05 bits per heavy atom. The molecule has 0 heterocycles. The van der Waals surface area contributed by atoms with Gasteiger partial charge in [-0.15, -0.1) is 0 Å². The second-order valence-corrected chi connectivity index (χ2v) is 9.28. The quantitative estimate of drug-likeness (QED) is 0.690. The van der Waals surface area contributed by atoms with E-state index in [0.29, 0.717) is 23.0 Å². The fourth-order valence-corrected chi connectivity index (χ4v) is 7.21. The summed E-state index contributed by atoms with van der Waals surface area (Å²) in [5, 5.41) is 7.63. The van der Waals surface area contributed by atoms with E-state index in [4.69, 9.17) is 5.41 Å². The Bertz CT molecular complexity index is 500. The first-order valence-electron chi connectivity index (χ1n) is 9.53. The van der Waals surface area contributed by atoms with Crippen molar-refractivity contribution in [2.24, 2.45) is 40.4 Å². The molecular formula is C20H31NO. The van der Waals surface area contributed by atoms with Crippen molar-refractivity contribution in [3.63, 3.8) is 0 Å². The number of carbonyl (C=O) groups excluding carboxylic acids is 1. The van der Waals surface area contributed by atoms with Gasteiger partial charge in [-0.3, -0.25) is 4.79 Å². The van der Waals surface area contributed by atoms with E-state index in [2.05, 4.69) is 13.8 Å². The first-order chi connectivity index (χ1) is 10.5. The van der Waals surface area contributed by atoms with Gasteiger partial charge in [-0.2, -0.15) is 0 Å². The van der Waals surface area contributed by atoms with Gasteiger partial charge in [0, 0.05) is 11.8 Å². The fourth-order valence-electron chi connectivity index (χ4n) is 7.21. The van der Waals surface area contributed by atoms with Crippen LogP contribution < -0.4 is 0 Å². The number of carbonyl (C=O) groups is 1. The summed E-state index contributed by atoms with van der Waals surface area (Å²) in [6.45, 7) is 4.84. The number of ketones is 1. The molecule has 0 aromatic rings. The standard InChI is InChI=1S/C20H31NO/c1-19-9-7-13(12-21)11-14(19)3-4-15-16-5-6-18(22)20(16,2)10-8-17(15)19/h12-17,21H,3-11H2,1-2H3/t13-,14?,15?,16?,17?,19-,20-/m0/s1. The van der Waals surface area contributed by atoms with Gasteiger partial charge < -0.3 is 5.41 Å². The van der Waals surface area contributed by atoms with Crippen molar-refractivity contribution >= 4 is 12.0 Å². The molecule has 4 saturated carbocycles. The fraction of sp³-hybridized carbons (Fsp3) is 0.900. The zero-order valence-corrected chi connectivity index (χ0v) is 14.2. The molecule has 122 valence electrons. The lowest BCUT2D eigenvalue weighted by Gasteiger charge is -2.60. The van der Waals surface area contributed by atoms with Gasteiger partial charge in [-0.1, -0.05) is 13.8 Å². The summed E-state index contributed by atoms with van der Waals surface area (Å²) in [6, 6.07) is 0. The van der Waals surface area contributed by atoms with Crippen LogP contribution in [0.5, 0.6) is 0 Å². The van der Waals surface area contributed by atoms with Gasteiger partial charge in [0.1, 0.15) is 5.78 Å². The highest BCUT2D eigenvalue weighted by molar-refractivity contribution is 5.87. The Labute approximate surface area is 134 Å². The van der Waals surface area contributed by atoms with Crippen molar-refractivity contribution in [1.29, 1.82) is 5.41 Å². The van der Waals surface area contributed by atoms with Crippen LogP contribution in [0.15, 0.2) is 0 Å². The smallest absolute Gasteiger partial charge is 0.139 e. The van der Waals surface area contributed by atoms with E-state index >= 15 is 0 Å². The van der Waals surface area contributed by atoms with Crippen LogP contribution >= 0.6 is 0 Å². The maximum absolute atomic E-state index is 12.4. The molecule has 2 heteroatoms. The van der Waals surface area contributed by atoms with Gasteiger partial charge in [0.15, 0.2) is 0 Å². The lowest BCUT2D eigenvalue weighted by molar-refractivity contribution is -0.139. The maximum atomic E-state index is 12.4. The zero-order valence-electron chi connectivity index (χ0n) is 14.2. The molecule has 0 amide bonds. The SMILES string of the molecule is C[C@]12CC[C@H](C=N)CC1CCC1C2CC[C@]2(C)C(=O)CCC12. The molecule has 7 atom stereocenters. The molecule has 0 aliphatic heterocycles. The van der Waals surface area contributed by atoms with Gasteiger partial charge in [0.2, 0.25) is 0 Å². The van der Waals surface area contributed by atoms with Crippen LogP contribution in [0, 0.1) is 45.8 Å². The monoisotopic (exact) mass is 301 g/mol. The molecule has 2 nitrogen and oxygen atoms in total.